The molecule has 0 fully saturated rings. The van der Waals surface area contributed by atoms with Gasteiger partial charge in [0, 0.05) is 6.61 Å². The Kier molecular flexibility index (Phi) is 2.05. The molecule has 14 heavy (non-hydrogen) atoms. The van der Waals surface area contributed by atoms with E-state index in [4.69, 9.17) is 5.11 Å². The molecule has 0 atom stereocenters. The van der Waals surface area contributed by atoms with Crippen LogP contribution < -0.4 is 5.32 Å². The number of carbonyl (C=O) groups excluding carboxylic acids is 2. The number of benzene rings is 1. The maximum Gasteiger partial charge on any atom is 0.296 e. The third kappa shape index (κ3) is 1.29. The van der Waals surface area contributed by atoms with Crippen LogP contribution >= 0.6 is 0 Å². The number of hydrogen-bond acceptors (Lipinski definition) is 3. The van der Waals surface area contributed by atoms with Crippen molar-refractivity contribution < 1.29 is 14.7 Å². The molecule has 0 spiro atoms. The van der Waals surface area contributed by atoms with Crippen LogP contribution in [-0.2, 0) is 11.2 Å². The zero-order valence-electron chi connectivity index (χ0n) is 7.41. The van der Waals surface area contributed by atoms with Crippen molar-refractivity contribution in [1.82, 2.24) is 0 Å². The molecule has 1 aromatic rings. The average molecular weight is 191 g/mol. The summed E-state index contributed by atoms with van der Waals surface area (Å²) in [5.41, 5.74) is 1.82. The summed E-state index contributed by atoms with van der Waals surface area (Å²) in [5, 5.41) is 11.2. The summed E-state index contributed by atoms with van der Waals surface area (Å²) in [6.45, 7) is 0.0361. The van der Waals surface area contributed by atoms with Crippen LogP contribution in [0.4, 0.5) is 5.69 Å². The molecule has 0 saturated carbocycles. The van der Waals surface area contributed by atoms with E-state index in [-0.39, 0.29) is 6.61 Å². The largest absolute Gasteiger partial charge is 0.396 e. The summed E-state index contributed by atoms with van der Waals surface area (Å²) in [6, 6.07) is 5.11. The van der Waals surface area contributed by atoms with Crippen LogP contribution in [0.1, 0.15) is 15.9 Å². The molecule has 1 heterocycles. The third-order valence-electron chi connectivity index (χ3n) is 2.18. The average Bonchev–Trinajstić information content (AvgIpc) is 2.45. The van der Waals surface area contributed by atoms with Gasteiger partial charge in [-0.3, -0.25) is 9.59 Å². The van der Waals surface area contributed by atoms with Gasteiger partial charge in [0.05, 0.1) is 11.3 Å². The van der Waals surface area contributed by atoms with Crippen molar-refractivity contribution in [3.63, 3.8) is 0 Å². The topological polar surface area (TPSA) is 66.4 Å². The van der Waals surface area contributed by atoms with Crippen LogP contribution in [0.15, 0.2) is 18.2 Å². The van der Waals surface area contributed by atoms with E-state index in [0.29, 0.717) is 17.7 Å². The van der Waals surface area contributed by atoms with Crippen LogP contribution in [0.2, 0.25) is 0 Å². The van der Waals surface area contributed by atoms with Gasteiger partial charge in [-0.15, -0.1) is 0 Å². The quantitative estimate of drug-likeness (QED) is 0.663. The smallest absolute Gasteiger partial charge is 0.296 e. The zero-order chi connectivity index (χ0) is 10.1. The normalized spacial score (nSPS) is 14.1. The van der Waals surface area contributed by atoms with Crippen molar-refractivity contribution in [2.45, 2.75) is 6.42 Å². The Balaban J connectivity index is 2.41. The monoisotopic (exact) mass is 191 g/mol. The highest BCUT2D eigenvalue weighted by Crippen LogP contribution is 2.23. The minimum absolute atomic E-state index is 0.0361. The van der Waals surface area contributed by atoms with Gasteiger partial charge >= 0.3 is 0 Å². The number of aliphatic hydroxyl groups is 1. The Labute approximate surface area is 80.6 Å². The fraction of sp³-hybridized carbons (Fsp3) is 0.200. The number of nitrogens with one attached hydrogen (secondary N) is 1. The Morgan fingerprint density at radius 1 is 1.29 bits per heavy atom. The molecule has 4 heteroatoms. The van der Waals surface area contributed by atoms with Crippen molar-refractivity contribution in [2.75, 3.05) is 11.9 Å². The standard InChI is InChI=1S/C10H9NO3/c12-4-3-6-1-2-8-7(5-6)9(13)10(14)11-8/h1-2,5,12H,3-4H2,(H,11,13,14). The van der Waals surface area contributed by atoms with Gasteiger partial charge in [-0.25, -0.2) is 0 Å². The van der Waals surface area contributed by atoms with Gasteiger partial charge in [-0.1, -0.05) is 6.07 Å². The van der Waals surface area contributed by atoms with Crippen LogP contribution in [0.25, 0.3) is 0 Å². The lowest BCUT2D eigenvalue weighted by Crippen LogP contribution is -2.12. The summed E-state index contributed by atoms with van der Waals surface area (Å²) in [6.07, 6.45) is 0.495. The predicted octanol–water partition coefficient (Wildman–Crippen LogP) is 0.356. The third-order valence-corrected chi connectivity index (χ3v) is 2.18. The second-order valence-electron chi connectivity index (χ2n) is 3.14. The van der Waals surface area contributed by atoms with E-state index in [1.807, 2.05) is 0 Å². The molecular weight excluding hydrogens is 182 g/mol. The van der Waals surface area contributed by atoms with Crippen molar-refractivity contribution in [3.05, 3.63) is 29.3 Å². The first kappa shape index (κ1) is 8.90. The van der Waals surface area contributed by atoms with Crippen LogP contribution in [-0.4, -0.2) is 23.4 Å². The van der Waals surface area contributed by atoms with Gasteiger partial charge in [-0.05, 0) is 24.1 Å². The highest BCUT2D eigenvalue weighted by atomic mass is 16.3. The lowest BCUT2D eigenvalue weighted by atomic mass is 10.1. The summed E-state index contributed by atoms with van der Waals surface area (Å²) in [4.78, 5) is 22.3. The van der Waals surface area contributed by atoms with Gasteiger partial charge in [0.15, 0.2) is 0 Å². The van der Waals surface area contributed by atoms with E-state index in [9.17, 15) is 9.59 Å². The molecule has 1 aliphatic rings. The molecule has 0 aliphatic carbocycles. The van der Waals surface area contributed by atoms with Crippen molar-refractivity contribution >= 4 is 17.4 Å². The highest BCUT2D eigenvalue weighted by Gasteiger charge is 2.27. The van der Waals surface area contributed by atoms with Crippen LogP contribution in [0.5, 0.6) is 0 Å². The number of hydrogen-bond donors (Lipinski definition) is 2. The van der Waals surface area contributed by atoms with Gasteiger partial charge in [0.25, 0.3) is 11.7 Å². The van der Waals surface area contributed by atoms with Crippen molar-refractivity contribution in [2.24, 2.45) is 0 Å². The molecule has 2 rings (SSSR count). The molecular formula is C10H9NO3. The summed E-state index contributed by atoms with van der Waals surface area (Å²) in [7, 11) is 0. The van der Waals surface area contributed by atoms with Crippen LogP contribution in [0, 0.1) is 0 Å². The van der Waals surface area contributed by atoms with Gasteiger partial charge in [-0.2, -0.15) is 0 Å². The number of fused-ring (bicyclic) bond motifs is 1. The minimum atomic E-state index is -0.582. The molecule has 2 N–H and O–H groups in total. The predicted molar refractivity (Wildman–Crippen MR) is 50.2 cm³/mol. The number of anilines is 1. The summed E-state index contributed by atoms with van der Waals surface area (Å²) < 4.78 is 0. The second kappa shape index (κ2) is 3.23. The fourth-order valence-corrected chi connectivity index (χ4v) is 1.47. The van der Waals surface area contributed by atoms with Gasteiger partial charge in [0.2, 0.25) is 0 Å². The number of amides is 1. The molecule has 0 radical (unpaired) electrons. The first-order valence-corrected chi connectivity index (χ1v) is 4.32. The Morgan fingerprint density at radius 3 is 2.79 bits per heavy atom. The molecule has 0 unspecified atom stereocenters. The SMILES string of the molecule is O=C1Nc2ccc(CCO)cc2C1=O. The Morgan fingerprint density at radius 2 is 2.07 bits per heavy atom. The molecule has 1 aliphatic heterocycles. The minimum Gasteiger partial charge on any atom is -0.396 e. The lowest BCUT2D eigenvalue weighted by Gasteiger charge is -2.00. The second-order valence-corrected chi connectivity index (χ2v) is 3.14. The van der Waals surface area contributed by atoms with Crippen molar-refractivity contribution in [1.29, 1.82) is 0 Å². The van der Waals surface area contributed by atoms with E-state index in [0.717, 1.165) is 5.56 Å². The van der Waals surface area contributed by atoms with Crippen LogP contribution in [0.3, 0.4) is 0 Å². The van der Waals surface area contributed by atoms with E-state index in [2.05, 4.69) is 5.32 Å². The first-order valence-electron chi connectivity index (χ1n) is 4.32. The fourth-order valence-electron chi connectivity index (χ4n) is 1.47. The number of carbonyl (C=O) groups is 2. The number of Topliss-reactive ketones (excluding diaryl/α,β-unsaturated/α-hetero) is 1. The molecule has 72 valence electrons. The maximum absolute atomic E-state index is 11.3. The first-order chi connectivity index (χ1) is 6.72. The lowest BCUT2D eigenvalue weighted by molar-refractivity contribution is -0.112. The molecule has 1 amide bonds. The summed E-state index contributed by atoms with van der Waals surface area (Å²) in [5.74, 6) is -1.08. The molecule has 0 saturated heterocycles. The Hall–Kier alpha value is -1.68. The highest BCUT2D eigenvalue weighted by molar-refractivity contribution is 6.51. The van der Waals surface area contributed by atoms with Gasteiger partial charge in [0.1, 0.15) is 0 Å². The van der Waals surface area contributed by atoms with E-state index in [1.54, 1.807) is 18.2 Å². The van der Waals surface area contributed by atoms with E-state index in [1.165, 1.54) is 0 Å². The van der Waals surface area contributed by atoms with Gasteiger partial charge < -0.3 is 10.4 Å². The van der Waals surface area contributed by atoms with E-state index < -0.39 is 11.7 Å². The molecule has 0 aromatic heterocycles. The van der Waals surface area contributed by atoms with Crippen molar-refractivity contribution in [3.8, 4) is 0 Å². The maximum atomic E-state index is 11.3. The number of aliphatic hydroxyl groups excluding tert-OH is 1. The number of rotatable bonds is 2. The zero-order valence-corrected chi connectivity index (χ0v) is 7.41. The summed E-state index contributed by atoms with van der Waals surface area (Å²) >= 11 is 0. The van der Waals surface area contributed by atoms with E-state index >= 15 is 0 Å². The molecule has 0 bridgehead atoms. The molecule has 1 aromatic carbocycles. The number of ketones is 1. The molecule has 4 nitrogen and oxygen atoms in total. The Bertz CT molecular complexity index is 412.